The average molecular weight is 410 g/mol. The van der Waals surface area contributed by atoms with E-state index in [1.807, 2.05) is 50.2 Å². The number of carbonyl (C=O) groups is 2. The van der Waals surface area contributed by atoms with E-state index in [1.54, 1.807) is 6.07 Å². The summed E-state index contributed by atoms with van der Waals surface area (Å²) >= 11 is 0. The summed E-state index contributed by atoms with van der Waals surface area (Å²) in [7, 11) is 0. The predicted molar refractivity (Wildman–Crippen MR) is 112 cm³/mol. The molecule has 4 rings (SSSR count). The van der Waals surface area contributed by atoms with Crippen LogP contribution in [0.15, 0.2) is 42.5 Å². The zero-order valence-corrected chi connectivity index (χ0v) is 17.2. The third-order valence-electron chi connectivity index (χ3n) is 5.24. The molecule has 0 saturated heterocycles. The van der Waals surface area contributed by atoms with Crippen molar-refractivity contribution in [1.29, 1.82) is 0 Å². The summed E-state index contributed by atoms with van der Waals surface area (Å²) < 4.78 is 16.9. The van der Waals surface area contributed by atoms with Gasteiger partial charge in [0.1, 0.15) is 25.5 Å². The minimum Gasteiger partial charge on any atom is -0.491 e. The fourth-order valence-electron chi connectivity index (χ4n) is 3.74. The van der Waals surface area contributed by atoms with Crippen LogP contribution in [0, 0.1) is 5.92 Å². The van der Waals surface area contributed by atoms with Crippen LogP contribution >= 0.6 is 0 Å². The summed E-state index contributed by atoms with van der Waals surface area (Å²) in [6.45, 7) is 5.37. The summed E-state index contributed by atoms with van der Waals surface area (Å²) in [5.74, 6) is 1.80. The molecule has 2 aromatic carbocycles. The molecule has 30 heavy (non-hydrogen) atoms. The van der Waals surface area contributed by atoms with E-state index >= 15 is 0 Å². The minimum absolute atomic E-state index is 0.0625. The first kappa shape index (κ1) is 20.1. The Morgan fingerprint density at radius 3 is 2.53 bits per heavy atom. The number of carbonyl (C=O) groups excluding carboxylic acids is 2. The molecule has 0 saturated carbocycles. The molecule has 0 fully saturated rings. The Balaban J connectivity index is 1.52. The molecule has 2 amide bonds. The molecule has 2 aliphatic rings. The molecule has 0 spiro atoms. The van der Waals surface area contributed by atoms with E-state index in [4.69, 9.17) is 14.2 Å². The normalized spacial score (nSPS) is 16.4. The van der Waals surface area contributed by atoms with E-state index in [-0.39, 0.29) is 36.7 Å². The maximum Gasteiger partial charge on any atom is 0.240 e. The first-order valence-electron chi connectivity index (χ1n) is 10.2. The second kappa shape index (κ2) is 8.65. The molecule has 0 bridgehead atoms. The quantitative estimate of drug-likeness (QED) is 0.820. The van der Waals surface area contributed by atoms with Crippen molar-refractivity contribution in [1.82, 2.24) is 5.32 Å². The van der Waals surface area contributed by atoms with Gasteiger partial charge in [0.15, 0.2) is 11.5 Å². The molecule has 7 nitrogen and oxygen atoms in total. The molecule has 0 radical (unpaired) electrons. The Bertz CT molecular complexity index is 943. The number of hydrogen-bond acceptors (Lipinski definition) is 5. The van der Waals surface area contributed by atoms with Crippen molar-refractivity contribution in [2.75, 3.05) is 31.3 Å². The number of amides is 2. The van der Waals surface area contributed by atoms with Crippen molar-refractivity contribution in [2.45, 2.75) is 26.3 Å². The van der Waals surface area contributed by atoms with Gasteiger partial charge in [-0.2, -0.15) is 0 Å². The number of anilines is 1. The molecule has 1 unspecified atom stereocenters. The number of nitrogens with zero attached hydrogens (tertiary/aromatic N) is 1. The first-order chi connectivity index (χ1) is 14.5. The van der Waals surface area contributed by atoms with Crippen LogP contribution in [-0.2, 0) is 9.59 Å². The lowest BCUT2D eigenvalue weighted by molar-refractivity contribution is -0.124. The average Bonchev–Trinajstić information content (AvgIpc) is 2.90. The summed E-state index contributed by atoms with van der Waals surface area (Å²) in [4.78, 5) is 27.1. The Morgan fingerprint density at radius 2 is 1.73 bits per heavy atom. The van der Waals surface area contributed by atoms with Gasteiger partial charge >= 0.3 is 0 Å². The lowest BCUT2D eigenvalue weighted by Gasteiger charge is -2.27. The SMILES string of the molecule is CC(C)C(NC(=O)CN1C(=O)CCOc2ccccc21)c1ccc2c(c1)OCCO2. The van der Waals surface area contributed by atoms with Crippen LogP contribution in [0.5, 0.6) is 17.2 Å². The van der Waals surface area contributed by atoms with Crippen molar-refractivity contribution in [3.8, 4) is 17.2 Å². The Hall–Kier alpha value is -3.22. The van der Waals surface area contributed by atoms with Gasteiger partial charge < -0.3 is 19.5 Å². The fraction of sp³-hybridized carbons (Fsp3) is 0.391. The summed E-state index contributed by atoms with van der Waals surface area (Å²) in [5.41, 5.74) is 1.56. The second-order valence-electron chi connectivity index (χ2n) is 7.74. The number of rotatable bonds is 5. The molecule has 158 valence electrons. The molecule has 1 N–H and O–H groups in total. The van der Waals surface area contributed by atoms with Crippen LogP contribution < -0.4 is 24.4 Å². The van der Waals surface area contributed by atoms with Gasteiger partial charge in [-0.15, -0.1) is 0 Å². The van der Waals surface area contributed by atoms with Gasteiger partial charge in [-0.05, 0) is 35.7 Å². The van der Waals surface area contributed by atoms with Crippen LogP contribution in [0.3, 0.4) is 0 Å². The summed E-state index contributed by atoms with van der Waals surface area (Å²) in [5, 5.41) is 3.09. The van der Waals surface area contributed by atoms with Gasteiger partial charge in [0, 0.05) is 0 Å². The standard InChI is InChI=1S/C23H26N2O5/c1-15(2)23(16-7-8-19-20(13-16)30-12-11-29-19)24-21(26)14-25-17-5-3-4-6-18(17)28-10-9-22(25)27/h3-8,13,15,23H,9-12,14H2,1-2H3,(H,24,26). The van der Waals surface area contributed by atoms with Gasteiger partial charge in [-0.3, -0.25) is 14.5 Å². The van der Waals surface area contributed by atoms with Gasteiger partial charge in [0.25, 0.3) is 0 Å². The molecule has 0 aliphatic carbocycles. The molecule has 2 aliphatic heterocycles. The van der Waals surface area contributed by atoms with Crippen molar-refractivity contribution < 1.29 is 23.8 Å². The molecule has 1 atom stereocenters. The van der Waals surface area contributed by atoms with Gasteiger partial charge in [0.05, 0.1) is 24.8 Å². The maximum atomic E-state index is 13.0. The summed E-state index contributed by atoms with van der Waals surface area (Å²) in [6.07, 6.45) is 0.234. The fourth-order valence-corrected chi connectivity index (χ4v) is 3.74. The lowest BCUT2D eigenvalue weighted by Crippen LogP contribution is -2.42. The highest BCUT2D eigenvalue weighted by Crippen LogP contribution is 2.35. The van der Waals surface area contributed by atoms with E-state index in [0.717, 1.165) is 5.56 Å². The third kappa shape index (κ3) is 4.20. The Kier molecular flexibility index (Phi) is 5.79. The third-order valence-corrected chi connectivity index (χ3v) is 5.24. The maximum absolute atomic E-state index is 13.0. The van der Waals surface area contributed by atoms with E-state index in [0.29, 0.717) is 42.8 Å². The van der Waals surface area contributed by atoms with E-state index in [9.17, 15) is 9.59 Å². The number of ether oxygens (including phenoxy) is 3. The van der Waals surface area contributed by atoms with E-state index < -0.39 is 0 Å². The van der Waals surface area contributed by atoms with Gasteiger partial charge in [-0.1, -0.05) is 32.0 Å². The monoisotopic (exact) mass is 410 g/mol. The van der Waals surface area contributed by atoms with E-state index in [1.165, 1.54) is 4.90 Å². The number of nitrogens with one attached hydrogen (secondary N) is 1. The first-order valence-corrected chi connectivity index (χ1v) is 10.2. The molecule has 2 heterocycles. The number of fused-ring (bicyclic) bond motifs is 2. The highest BCUT2D eigenvalue weighted by atomic mass is 16.6. The molecular weight excluding hydrogens is 384 g/mol. The van der Waals surface area contributed by atoms with E-state index in [2.05, 4.69) is 5.32 Å². The topological polar surface area (TPSA) is 77.1 Å². The highest BCUT2D eigenvalue weighted by molar-refractivity contribution is 6.00. The number of benzene rings is 2. The lowest BCUT2D eigenvalue weighted by atomic mass is 9.95. The zero-order chi connectivity index (χ0) is 21.1. The molecule has 7 heteroatoms. The Morgan fingerprint density at radius 1 is 1.00 bits per heavy atom. The van der Waals surface area contributed by atoms with Crippen molar-refractivity contribution in [3.63, 3.8) is 0 Å². The van der Waals surface area contributed by atoms with Crippen molar-refractivity contribution in [3.05, 3.63) is 48.0 Å². The second-order valence-corrected chi connectivity index (χ2v) is 7.74. The molecule has 2 aromatic rings. The van der Waals surface area contributed by atoms with Crippen LogP contribution in [0.2, 0.25) is 0 Å². The number of hydrogen-bond donors (Lipinski definition) is 1. The van der Waals surface area contributed by atoms with Crippen molar-refractivity contribution >= 4 is 17.5 Å². The smallest absolute Gasteiger partial charge is 0.240 e. The van der Waals surface area contributed by atoms with Crippen LogP contribution in [0.1, 0.15) is 31.9 Å². The van der Waals surface area contributed by atoms with Crippen molar-refractivity contribution in [2.24, 2.45) is 5.92 Å². The Labute approximate surface area is 175 Å². The largest absolute Gasteiger partial charge is 0.491 e. The van der Waals surface area contributed by atoms with Gasteiger partial charge in [0.2, 0.25) is 11.8 Å². The summed E-state index contributed by atoms with van der Waals surface area (Å²) in [6, 6.07) is 12.8. The van der Waals surface area contributed by atoms with Crippen LogP contribution in [-0.4, -0.2) is 38.2 Å². The minimum atomic E-state index is -0.228. The molecule has 0 aromatic heterocycles. The number of para-hydroxylation sites is 2. The van der Waals surface area contributed by atoms with Crippen LogP contribution in [0.25, 0.3) is 0 Å². The predicted octanol–water partition coefficient (Wildman–Crippen LogP) is 3.09. The molecular formula is C23H26N2O5. The van der Waals surface area contributed by atoms with Gasteiger partial charge in [-0.25, -0.2) is 0 Å². The van der Waals surface area contributed by atoms with Crippen LogP contribution in [0.4, 0.5) is 5.69 Å². The highest BCUT2D eigenvalue weighted by Gasteiger charge is 2.27. The zero-order valence-electron chi connectivity index (χ0n) is 17.2.